The number of rotatable bonds is 4. The van der Waals surface area contributed by atoms with Gasteiger partial charge in [0.1, 0.15) is 5.69 Å². The predicted molar refractivity (Wildman–Crippen MR) is 97.2 cm³/mol. The van der Waals surface area contributed by atoms with E-state index in [2.05, 4.69) is 10.1 Å². The summed E-state index contributed by atoms with van der Waals surface area (Å²) < 4.78 is 45.9. The van der Waals surface area contributed by atoms with E-state index in [1.165, 1.54) is 16.6 Å². The molecule has 0 radical (unpaired) electrons. The Balaban J connectivity index is 1.81. The Morgan fingerprint density at radius 2 is 1.93 bits per heavy atom. The number of carboxylic acids is 1. The molecular weight excluding hydrogens is 389 g/mol. The van der Waals surface area contributed by atoms with Crippen molar-refractivity contribution in [2.75, 3.05) is 31.2 Å². The minimum Gasteiger partial charge on any atom is -0.477 e. The lowest BCUT2D eigenvalue weighted by molar-refractivity contribution is -0.137. The minimum absolute atomic E-state index is 0.0914. The molecule has 1 aliphatic heterocycles. The van der Waals surface area contributed by atoms with Crippen molar-refractivity contribution in [3.05, 3.63) is 59.0 Å². The third-order valence-electron chi connectivity index (χ3n) is 4.73. The van der Waals surface area contributed by atoms with Crippen molar-refractivity contribution in [1.82, 2.24) is 14.6 Å². The zero-order valence-electron chi connectivity index (χ0n) is 15.2. The average Bonchev–Trinajstić information content (AvgIpc) is 3.06. The number of ether oxygens (including phenoxy) is 1. The number of carboxylic acid groups (broad SMARTS) is 1. The van der Waals surface area contributed by atoms with Crippen LogP contribution in [0.25, 0.3) is 5.52 Å². The van der Waals surface area contributed by atoms with E-state index >= 15 is 0 Å². The van der Waals surface area contributed by atoms with Crippen LogP contribution in [0.2, 0.25) is 0 Å². The molecule has 3 aromatic rings. The maximum absolute atomic E-state index is 13.1. The number of pyridine rings is 2. The predicted octanol–water partition coefficient (Wildman–Crippen LogP) is 2.87. The highest BCUT2D eigenvalue weighted by Gasteiger charge is 2.32. The molecule has 1 fully saturated rings. The molecule has 1 aliphatic rings. The zero-order chi connectivity index (χ0) is 20.6. The van der Waals surface area contributed by atoms with Crippen LogP contribution in [0.5, 0.6) is 0 Å². The fourth-order valence-corrected chi connectivity index (χ4v) is 3.33. The van der Waals surface area contributed by atoms with E-state index < -0.39 is 17.7 Å². The summed E-state index contributed by atoms with van der Waals surface area (Å²) in [5.74, 6) is -0.593. The third-order valence-corrected chi connectivity index (χ3v) is 4.73. The van der Waals surface area contributed by atoms with Gasteiger partial charge in [0.25, 0.3) is 0 Å². The van der Waals surface area contributed by atoms with Crippen molar-refractivity contribution in [1.29, 1.82) is 0 Å². The first-order valence-electron chi connectivity index (χ1n) is 8.93. The van der Waals surface area contributed by atoms with Gasteiger partial charge in [-0.3, -0.25) is 0 Å². The number of alkyl halides is 3. The van der Waals surface area contributed by atoms with E-state index in [-0.39, 0.29) is 12.1 Å². The number of aromatic nitrogens is 3. The van der Waals surface area contributed by atoms with Crippen LogP contribution in [-0.4, -0.2) is 52.0 Å². The number of nitrogens with zero attached hydrogens (tertiary/aromatic N) is 4. The summed E-state index contributed by atoms with van der Waals surface area (Å²) in [4.78, 5) is 17.3. The molecule has 0 atom stereocenters. The quantitative estimate of drug-likeness (QED) is 0.718. The summed E-state index contributed by atoms with van der Waals surface area (Å²) in [5.41, 5.74) is 0.816. The van der Waals surface area contributed by atoms with Gasteiger partial charge < -0.3 is 14.7 Å². The van der Waals surface area contributed by atoms with E-state index in [0.717, 1.165) is 12.3 Å². The summed E-state index contributed by atoms with van der Waals surface area (Å²) in [7, 11) is 0. The number of carbonyl (C=O) groups is 1. The summed E-state index contributed by atoms with van der Waals surface area (Å²) in [6.07, 6.45) is -3.27. The van der Waals surface area contributed by atoms with Gasteiger partial charge in [-0.05, 0) is 24.3 Å². The molecule has 0 amide bonds. The van der Waals surface area contributed by atoms with Crippen LogP contribution in [0.1, 0.15) is 27.3 Å². The molecule has 0 bridgehead atoms. The minimum atomic E-state index is -4.48. The van der Waals surface area contributed by atoms with E-state index in [4.69, 9.17) is 9.84 Å². The number of morpholine rings is 1. The van der Waals surface area contributed by atoms with Crippen LogP contribution < -0.4 is 4.90 Å². The number of aromatic carboxylic acids is 1. The molecule has 0 aliphatic carbocycles. The SMILES string of the molecule is O=C(O)c1cccc(Cc2c(N3CCOCC3)nn3cc(C(F)(F)F)ccc23)n1. The Hall–Kier alpha value is -3.14. The van der Waals surface area contributed by atoms with Gasteiger partial charge in [-0.25, -0.2) is 14.3 Å². The Morgan fingerprint density at radius 3 is 2.62 bits per heavy atom. The van der Waals surface area contributed by atoms with Gasteiger partial charge in [0.05, 0.1) is 24.3 Å². The Morgan fingerprint density at radius 1 is 1.17 bits per heavy atom. The summed E-state index contributed by atoms with van der Waals surface area (Å²) in [6.45, 7) is 2.11. The van der Waals surface area contributed by atoms with Crippen molar-refractivity contribution in [2.24, 2.45) is 0 Å². The van der Waals surface area contributed by atoms with Crippen LogP contribution in [-0.2, 0) is 17.3 Å². The molecule has 3 aromatic heterocycles. The monoisotopic (exact) mass is 406 g/mol. The number of hydrogen-bond acceptors (Lipinski definition) is 5. The molecule has 1 N–H and O–H groups in total. The van der Waals surface area contributed by atoms with Gasteiger partial charge in [0.15, 0.2) is 5.82 Å². The smallest absolute Gasteiger partial charge is 0.417 e. The molecule has 0 spiro atoms. The first-order valence-corrected chi connectivity index (χ1v) is 8.93. The zero-order valence-corrected chi connectivity index (χ0v) is 15.2. The lowest BCUT2D eigenvalue weighted by Gasteiger charge is -2.27. The Kier molecular flexibility index (Phi) is 4.87. The largest absolute Gasteiger partial charge is 0.477 e. The van der Waals surface area contributed by atoms with Gasteiger partial charge >= 0.3 is 12.1 Å². The van der Waals surface area contributed by atoms with Crippen LogP contribution >= 0.6 is 0 Å². The molecule has 152 valence electrons. The van der Waals surface area contributed by atoms with E-state index in [1.807, 2.05) is 4.90 Å². The molecule has 1 saturated heterocycles. The normalized spacial score (nSPS) is 15.1. The maximum atomic E-state index is 13.1. The molecule has 10 heteroatoms. The molecular formula is C19H17F3N4O3. The van der Waals surface area contributed by atoms with Gasteiger partial charge in [-0.1, -0.05) is 6.07 Å². The first-order chi connectivity index (χ1) is 13.8. The van der Waals surface area contributed by atoms with E-state index in [9.17, 15) is 18.0 Å². The van der Waals surface area contributed by atoms with E-state index in [1.54, 1.807) is 12.1 Å². The van der Waals surface area contributed by atoms with E-state index in [0.29, 0.717) is 48.9 Å². The first kappa shape index (κ1) is 19.2. The van der Waals surface area contributed by atoms with Crippen LogP contribution in [0.15, 0.2) is 36.5 Å². The lowest BCUT2D eigenvalue weighted by atomic mass is 10.1. The fraction of sp³-hybridized carbons (Fsp3) is 0.316. The van der Waals surface area contributed by atoms with Gasteiger partial charge in [-0.15, -0.1) is 5.10 Å². The standard InChI is InChI=1S/C19H17F3N4O3/c20-19(21,22)12-4-5-16-14(10-13-2-1-3-15(23-13)18(27)28)17(24-26(16)11-12)25-6-8-29-9-7-25/h1-5,11H,6-10H2,(H,27,28). The molecule has 4 heterocycles. The van der Waals surface area contributed by atoms with Crippen LogP contribution in [0.4, 0.5) is 19.0 Å². The molecule has 29 heavy (non-hydrogen) atoms. The van der Waals surface area contributed by atoms with Gasteiger partial charge in [-0.2, -0.15) is 13.2 Å². The molecule has 4 rings (SSSR count). The average molecular weight is 406 g/mol. The highest BCUT2D eigenvalue weighted by molar-refractivity contribution is 5.85. The van der Waals surface area contributed by atoms with Crippen LogP contribution in [0, 0.1) is 0 Å². The van der Waals surface area contributed by atoms with Gasteiger partial charge in [0.2, 0.25) is 0 Å². The molecule has 7 nitrogen and oxygen atoms in total. The molecule has 0 saturated carbocycles. The highest BCUT2D eigenvalue weighted by atomic mass is 19.4. The topological polar surface area (TPSA) is 80.0 Å². The third kappa shape index (κ3) is 3.88. The maximum Gasteiger partial charge on any atom is 0.417 e. The number of anilines is 1. The molecule has 0 unspecified atom stereocenters. The van der Waals surface area contributed by atoms with Crippen molar-refractivity contribution >= 4 is 17.3 Å². The van der Waals surface area contributed by atoms with Crippen molar-refractivity contribution in [3.8, 4) is 0 Å². The van der Waals surface area contributed by atoms with Gasteiger partial charge in [0, 0.05) is 37.0 Å². The second kappa shape index (κ2) is 7.36. The second-order valence-corrected chi connectivity index (χ2v) is 6.64. The van der Waals surface area contributed by atoms with Crippen molar-refractivity contribution < 1.29 is 27.8 Å². The Labute approximate surface area is 163 Å². The number of hydrogen-bond donors (Lipinski definition) is 1. The molecule has 0 aromatic carbocycles. The number of halogens is 3. The lowest BCUT2D eigenvalue weighted by Crippen LogP contribution is -2.37. The summed E-state index contributed by atoms with van der Waals surface area (Å²) in [5, 5.41) is 13.6. The Bertz CT molecular complexity index is 1060. The summed E-state index contributed by atoms with van der Waals surface area (Å²) >= 11 is 0. The van der Waals surface area contributed by atoms with Crippen molar-refractivity contribution in [3.63, 3.8) is 0 Å². The summed E-state index contributed by atoms with van der Waals surface area (Å²) in [6, 6.07) is 7.07. The van der Waals surface area contributed by atoms with Crippen LogP contribution in [0.3, 0.4) is 0 Å². The second-order valence-electron chi connectivity index (χ2n) is 6.64. The highest BCUT2D eigenvalue weighted by Crippen LogP contribution is 2.32. The number of fused-ring (bicyclic) bond motifs is 1. The van der Waals surface area contributed by atoms with Crippen molar-refractivity contribution in [2.45, 2.75) is 12.6 Å². The fourth-order valence-electron chi connectivity index (χ4n) is 3.33.